The maximum absolute atomic E-state index is 13.9. The van der Waals surface area contributed by atoms with Crippen molar-refractivity contribution >= 4 is 0 Å². The largest absolute Gasteiger partial charge is 0.314 e. The highest BCUT2D eigenvalue weighted by Crippen LogP contribution is 2.26. The van der Waals surface area contributed by atoms with Gasteiger partial charge >= 0.3 is 0 Å². The number of benzene rings is 1. The first-order valence-corrected chi connectivity index (χ1v) is 7.90. The highest BCUT2D eigenvalue weighted by molar-refractivity contribution is 5.33. The van der Waals surface area contributed by atoms with Crippen LogP contribution in [0.4, 0.5) is 4.39 Å². The average Bonchev–Trinajstić information content (AvgIpc) is 3.04. The van der Waals surface area contributed by atoms with Crippen LogP contribution in [0.25, 0.3) is 0 Å². The summed E-state index contributed by atoms with van der Waals surface area (Å²) in [5.41, 5.74) is 1.19. The van der Waals surface area contributed by atoms with Gasteiger partial charge < -0.3 is 5.32 Å². The lowest BCUT2D eigenvalue weighted by molar-refractivity contribution is 0.144. The van der Waals surface area contributed by atoms with E-state index in [2.05, 4.69) is 16.3 Å². The Hall–Kier alpha value is -1.44. The second kappa shape index (κ2) is 6.55. The molecule has 4 heteroatoms. The van der Waals surface area contributed by atoms with Crippen molar-refractivity contribution in [2.45, 2.75) is 38.3 Å². The molecule has 2 aliphatic heterocycles. The summed E-state index contributed by atoms with van der Waals surface area (Å²) in [6.45, 7) is 3.82. The van der Waals surface area contributed by atoms with E-state index < -0.39 is 0 Å². The van der Waals surface area contributed by atoms with E-state index in [0.717, 1.165) is 19.6 Å². The van der Waals surface area contributed by atoms with Crippen LogP contribution in [0.2, 0.25) is 0 Å². The number of halogens is 1. The van der Waals surface area contributed by atoms with Gasteiger partial charge in [-0.15, -0.1) is 0 Å². The van der Waals surface area contributed by atoms with Gasteiger partial charge in [0.1, 0.15) is 5.82 Å². The van der Waals surface area contributed by atoms with Crippen LogP contribution in [0, 0.1) is 23.1 Å². The van der Waals surface area contributed by atoms with Gasteiger partial charge in [-0.2, -0.15) is 5.26 Å². The summed E-state index contributed by atoms with van der Waals surface area (Å²) in [4.78, 5) is 2.34. The van der Waals surface area contributed by atoms with Gasteiger partial charge in [-0.3, -0.25) is 4.90 Å². The number of nitrogens with one attached hydrogen (secondary N) is 1. The number of likely N-dealkylation sites (tertiary alicyclic amines) is 1. The average molecular weight is 287 g/mol. The van der Waals surface area contributed by atoms with Gasteiger partial charge in [0, 0.05) is 24.7 Å². The minimum atomic E-state index is -0.199. The van der Waals surface area contributed by atoms with E-state index in [9.17, 15) is 4.39 Å². The van der Waals surface area contributed by atoms with E-state index in [1.807, 2.05) is 0 Å². The molecule has 0 radical (unpaired) electrons. The molecule has 0 aliphatic carbocycles. The van der Waals surface area contributed by atoms with Crippen molar-refractivity contribution in [2.24, 2.45) is 5.92 Å². The molecule has 2 unspecified atom stereocenters. The Morgan fingerprint density at radius 2 is 2.24 bits per heavy atom. The maximum Gasteiger partial charge on any atom is 0.127 e. The molecule has 0 spiro atoms. The van der Waals surface area contributed by atoms with Crippen LogP contribution in [-0.2, 0) is 6.54 Å². The fraction of sp³-hybridized carbons (Fsp3) is 0.588. The normalized spacial score (nSPS) is 26.7. The summed E-state index contributed by atoms with van der Waals surface area (Å²) in [6.07, 6.45) is 5.01. The van der Waals surface area contributed by atoms with Crippen LogP contribution in [0.5, 0.6) is 0 Å². The minimum Gasteiger partial charge on any atom is -0.314 e. The highest BCUT2D eigenvalue weighted by atomic mass is 19.1. The van der Waals surface area contributed by atoms with Crippen molar-refractivity contribution in [3.05, 3.63) is 35.1 Å². The van der Waals surface area contributed by atoms with Crippen molar-refractivity contribution in [3.8, 4) is 6.07 Å². The van der Waals surface area contributed by atoms with Crippen LogP contribution in [0.3, 0.4) is 0 Å². The van der Waals surface area contributed by atoms with Crippen molar-refractivity contribution in [1.82, 2.24) is 10.2 Å². The summed E-state index contributed by atoms with van der Waals surface area (Å²) in [5, 5.41) is 12.5. The molecule has 2 saturated heterocycles. The van der Waals surface area contributed by atoms with Crippen molar-refractivity contribution in [1.29, 1.82) is 5.26 Å². The predicted molar refractivity (Wildman–Crippen MR) is 80.1 cm³/mol. The van der Waals surface area contributed by atoms with Crippen LogP contribution >= 0.6 is 0 Å². The fourth-order valence-corrected chi connectivity index (χ4v) is 3.68. The van der Waals surface area contributed by atoms with E-state index in [-0.39, 0.29) is 5.82 Å². The summed E-state index contributed by atoms with van der Waals surface area (Å²) in [6, 6.07) is 7.37. The van der Waals surface area contributed by atoms with E-state index in [0.29, 0.717) is 29.6 Å². The van der Waals surface area contributed by atoms with E-state index in [1.54, 1.807) is 12.1 Å². The van der Waals surface area contributed by atoms with Gasteiger partial charge in [-0.25, -0.2) is 4.39 Å². The van der Waals surface area contributed by atoms with Gasteiger partial charge in [0.25, 0.3) is 0 Å². The minimum absolute atomic E-state index is 0.199. The zero-order valence-electron chi connectivity index (χ0n) is 12.3. The van der Waals surface area contributed by atoms with Crippen molar-refractivity contribution in [3.63, 3.8) is 0 Å². The second-order valence-electron chi connectivity index (χ2n) is 6.26. The quantitative estimate of drug-likeness (QED) is 0.929. The second-order valence-corrected chi connectivity index (χ2v) is 6.26. The van der Waals surface area contributed by atoms with Gasteiger partial charge in [0.05, 0.1) is 11.6 Å². The maximum atomic E-state index is 13.9. The standard InChI is InChI=1S/C17H22FN3/c18-16-6-5-13(10-19)9-15(16)12-21-8-2-3-14(11-21)17-4-1-7-20-17/h5-6,9,14,17,20H,1-4,7-8,11-12H2. The summed E-state index contributed by atoms with van der Waals surface area (Å²) in [7, 11) is 0. The molecule has 3 nitrogen and oxygen atoms in total. The Balaban J connectivity index is 1.65. The van der Waals surface area contributed by atoms with E-state index in [1.165, 1.54) is 31.7 Å². The Labute approximate surface area is 125 Å². The Bertz CT molecular complexity index is 531. The molecule has 0 amide bonds. The van der Waals surface area contributed by atoms with Crippen LogP contribution < -0.4 is 5.32 Å². The summed E-state index contributed by atoms with van der Waals surface area (Å²) >= 11 is 0. The number of nitrogens with zero attached hydrogens (tertiary/aromatic N) is 2. The first-order chi connectivity index (χ1) is 10.3. The Morgan fingerprint density at radius 3 is 3.00 bits per heavy atom. The molecule has 21 heavy (non-hydrogen) atoms. The molecule has 2 fully saturated rings. The van der Waals surface area contributed by atoms with Gasteiger partial charge in [-0.05, 0) is 62.9 Å². The topological polar surface area (TPSA) is 39.1 Å². The Morgan fingerprint density at radius 1 is 1.33 bits per heavy atom. The molecule has 2 atom stereocenters. The van der Waals surface area contributed by atoms with Crippen molar-refractivity contribution < 1.29 is 4.39 Å². The summed E-state index contributed by atoms with van der Waals surface area (Å²) in [5.74, 6) is 0.485. The molecule has 0 bridgehead atoms. The van der Waals surface area contributed by atoms with Gasteiger partial charge in [0.2, 0.25) is 0 Å². The van der Waals surface area contributed by atoms with Gasteiger partial charge in [0.15, 0.2) is 0 Å². The lowest BCUT2D eigenvalue weighted by atomic mass is 9.89. The number of hydrogen-bond acceptors (Lipinski definition) is 3. The molecular formula is C17H22FN3. The molecule has 1 N–H and O–H groups in total. The molecule has 3 rings (SSSR count). The number of piperidine rings is 1. The number of nitriles is 1. The fourth-order valence-electron chi connectivity index (χ4n) is 3.68. The molecule has 112 valence electrons. The Kier molecular flexibility index (Phi) is 4.52. The first kappa shape index (κ1) is 14.5. The lowest BCUT2D eigenvalue weighted by Gasteiger charge is -2.36. The lowest BCUT2D eigenvalue weighted by Crippen LogP contribution is -2.43. The summed E-state index contributed by atoms with van der Waals surface area (Å²) < 4.78 is 13.9. The van der Waals surface area contributed by atoms with Crippen molar-refractivity contribution in [2.75, 3.05) is 19.6 Å². The third-order valence-corrected chi connectivity index (χ3v) is 4.78. The smallest absolute Gasteiger partial charge is 0.127 e. The zero-order valence-corrected chi connectivity index (χ0v) is 12.3. The van der Waals surface area contributed by atoms with E-state index >= 15 is 0 Å². The highest BCUT2D eigenvalue weighted by Gasteiger charge is 2.29. The monoisotopic (exact) mass is 287 g/mol. The SMILES string of the molecule is N#Cc1ccc(F)c(CN2CCCC(C3CCCN3)C2)c1. The molecule has 0 aromatic heterocycles. The van der Waals surface area contributed by atoms with Gasteiger partial charge in [-0.1, -0.05) is 0 Å². The molecule has 1 aromatic rings. The third-order valence-electron chi connectivity index (χ3n) is 4.78. The molecule has 1 aromatic carbocycles. The molecule has 2 aliphatic rings. The predicted octanol–water partition coefficient (Wildman–Crippen LogP) is 2.66. The molecular weight excluding hydrogens is 265 g/mol. The zero-order chi connectivity index (χ0) is 14.7. The van der Waals surface area contributed by atoms with Crippen LogP contribution in [0.15, 0.2) is 18.2 Å². The van der Waals surface area contributed by atoms with E-state index in [4.69, 9.17) is 5.26 Å². The van der Waals surface area contributed by atoms with Crippen LogP contribution in [-0.4, -0.2) is 30.6 Å². The molecule has 2 heterocycles. The number of rotatable bonds is 3. The number of hydrogen-bond donors (Lipinski definition) is 1. The van der Waals surface area contributed by atoms with Crippen LogP contribution in [0.1, 0.15) is 36.8 Å². The molecule has 0 saturated carbocycles. The first-order valence-electron chi connectivity index (χ1n) is 7.90. The third kappa shape index (κ3) is 3.42.